The molecule has 2 amide bonds. The predicted octanol–water partition coefficient (Wildman–Crippen LogP) is 6.54. The minimum Gasteiger partial charge on any atom is -0.444 e. The molecular formula is C27H47N3O5Si. The lowest BCUT2D eigenvalue weighted by molar-refractivity contribution is 0.0272. The first-order chi connectivity index (χ1) is 16.1. The van der Waals surface area contributed by atoms with Gasteiger partial charge < -0.3 is 18.8 Å². The number of ether oxygens (including phenoxy) is 2. The zero-order valence-corrected chi connectivity index (χ0v) is 25.4. The van der Waals surface area contributed by atoms with Crippen LogP contribution in [0.2, 0.25) is 18.1 Å². The van der Waals surface area contributed by atoms with E-state index < -0.39 is 25.6 Å². The maximum absolute atomic E-state index is 12.9. The maximum Gasteiger partial charge on any atom is 0.413 e. The first kappa shape index (κ1) is 30.1. The third-order valence-electron chi connectivity index (χ3n) is 6.41. The fourth-order valence-corrected chi connectivity index (χ4v) is 5.16. The fraction of sp³-hybridized carbons (Fsp3) is 0.741. The smallest absolute Gasteiger partial charge is 0.413 e. The van der Waals surface area contributed by atoms with Crippen molar-refractivity contribution < 1.29 is 23.5 Å². The zero-order valence-electron chi connectivity index (χ0n) is 24.4. The van der Waals surface area contributed by atoms with Crippen LogP contribution in [0, 0.1) is 12.8 Å². The summed E-state index contributed by atoms with van der Waals surface area (Å²) in [6, 6.07) is 3.83. The second kappa shape index (κ2) is 10.7. The van der Waals surface area contributed by atoms with Crippen LogP contribution in [0.5, 0.6) is 0 Å². The summed E-state index contributed by atoms with van der Waals surface area (Å²) in [5, 5.41) is 2.79. The van der Waals surface area contributed by atoms with E-state index in [1.165, 1.54) is 0 Å². The number of amides is 2. The van der Waals surface area contributed by atoms with Crippen LogP contribution in [0.1, 0.15) is 73.6 Å². The molecule has 36 heavy (non-hydrogen) atoms. The first-order valence-electron chi connectivity index (χ1n) is 12.8. The number of hydrogen-bond acceptors (Lipinski definition) is 6. The molecule has 0 aliphatic carbocycles. The topological polar surface area (TPSA) is 90.0 Å². The normalized spacial score (nSPS) is 19.3. The van der Waals surface area contributed by atoms with Crippen LogP contribution < -0.4 is 5.32 Å². The molecule has 1 aromatic heterocycles. The average Bonchev–Trinajstić information content (AvgIpc) is 2.99. The third-order valence-corrected chi connectivity index (χ3v) is 10.9. The SMILES string of the molecule is Cc1cc(C[C@H]2CN(C(=O)OC(C)(C)C)C[C@@H]2O[Si](C)(C)C(C)(C)C)nc(NC(=O)OC(C)(C)C)c1. The number of carbonyl (C=O) groups excluding carboxylic acids is 2. The molecule has 0 radical (unpaired) electrons. The van der Waals surface area contributed by atoms with Gasteiger partial charge in [0.15, 0.2) is 8.32 Å². The third kappa shape index (κ3) is 9.07. The van der Waals surface area contributed by atoms with Crippen molar-refractivity contribution in [2.75, 3.05) is 18.4 Å². The Morgan fingerprint density at radius 1 is 1.00 bits per heavy atom. The van der Waals surface area contributed by atoms with Crippen LogP contribution >= 0.6 is 0 Å². The molecule has 1 N–H and O–H groups in total. The predicted molar refractivity (Wildman–Crippen MR) is 146 cm³/mol. The summed E-state index contributed by atoms with van der Waals surface area (Å²) >= 11 is 0. The second-order valence-electron chi connectivity index (χ2n) is 13.4. The molecule has 2 heterocycles. The van der Waals surface area contributed by atoms with Crippen LogP contribution in [0.3, 0.4) is 0 Å². The number of nitrogens with one attached hydrogen (secondary N) is 1. The van der Waals surface area contributed by atoms with Crippen molar-refractivity contribution in [3.8, 4) is 0 Å². The molecule has 204 valence electrons. The number of rotatable bonds is 5. The zero-order chi connectivity index (χ0) is 27.7. The van der Waals surface area contributed by atoms with Gasteiger partial charge in [0.2, 0.25) is 0 Å². The van der Waals surface area contributed by atoms with E-state index in [1.54, 1.807) is 4.90 Å². The monoisotopic (exact) mass is 521 g/mol. The molecule has 1 aliphatic rings. The first-order valence-corrected chi connectivity index (χ1v) is 15.7. The average molecular weight is 522 g/mol. The summed E-state index contributed by atoms with van der Waals surface area (Å²) in [5.74, 6) is 0.499. The van der Waals surface area contributed by atoms with Crippen molar-refractivity contribution in [3.63, 3.8) is 0 Å². The Balaban J connectivity index is 2.27. The Kier molecular flexibility index (Phi) is 8.94. The molecule has 1 saturated heterocycles. The number of aryl methyl sites for hydroxylation is 1. The summed E-state index contributed by atoms with van der Waals surface area (Å²) in [4.78, 5) is 31.6. The Labute approximate surface area is 218 Å². The van der Waals surface area contributed by atoms with Crippen molar-refractivity contribution in [1.29, 1.82) is 0 Å². The summed E-state index contributed by atoms with van der Waals surface area (Å²) in [6.07, 6.45) is -0.368. The standard InChI is InChI=1S/C27H47N3O5Si/c1-18-13-20(28-22(14-18)29-23(31)33-25(2,3)4)15-19-16-30(24(32)34-26(5,6)7)17-21(19)35-36(11,12)27(8,9)10/h13-14,19,21H,15-17H2,1-12H3,(H,28,29,31)/t19-,21-/m0/s1. The van der Waals surface area contributed by atoms with E-state index in [-0.39, 0.29) is 23.2 Å². The van der Waals surface area contributed by atoms with Crippen molar-refractivity contribution in [3.05, 3.63) is 23.4 Å². The number of carbonyl (C=O) groups is 2. The van der Waals surface area contributed by atoms with Crippen molar-refractivity contribution in [1.82, 2.24) is 9.88 Å². The highest BCUT2D eigenvalue weighted by atomic mass is 28.4. The summed E-state index contributed by atoms with van der Waals surface area (Å²) in [6.45, 7) is 25.2. The van der Waals surface area contributed by atoms with Crippen LogP contribution in [0.25, 0.3) is 0 Å². The maximum atomic E-state index is 12.9. The van der Waals surface area contributed by atoms with Gasteiger partial charge in [0.05, 0.1) is 6.10 Å². The van der Waals surface area contributed by atoms with Gasteiger partial charge >= 0.3 is 12.2 Å². The number of likely N-dealkylation sites (tertiary alicyclic amines) is 1. The van der Waals surface area contributed by atoms with Crippen molar-refractivity contribution in [2.24, 2.45) is 5.92 Å². The molecule has 2 atom stereocenters. The van der Waals surface area contributed by atoms with Gasteiger partial charge in [0.25, 0.3) is 0 Å². The van der Waals surface area contributed by atoms with Gasteiger partial charge in [-0.05, 0) is 90.7 Å². The molecule has 1 fully saturated rings. The molecule has 0 bridgehead atoms. The highest BCUT2D eigenvalue weighted by Gasteiger charge is 2.45. The van der Waals surface area contributed by atoms with E-state index in [9.17, 15) is 9.59 Å². The largest absolute Gasteiger partial charge is 0.444 e. The van der Waals surface area contributed by atoms with Gasteiger partial charge in [-0.2, -0.15) is 0 Å². The molecular weight excluding hydrogens is 474 g/mol. The highest BCUT2D eigenvalue weighted by Crippen LogP contribution is 2.39. The molecule has 8 nitrogen and oxygen atoms in total. The lowest BCUT2D eigenvalue weighted by Gasteiger charge is -2.39. The Morgan fingerprint density at radius 2 is 1.58 bits per heavy atom. The quantitative estimate of drug-likeness (QED) is 0.443. The highest BCUT2D eigenvalue weighted by molar-refractivity contribution is 6.74. The minimum atomic E-state index is -2.08. The number of pyridine rings is 1. The molecule has 9 heteroatoms. The molecule has 0 aromatic carbocycles. The summed E-state index contributed by atoms with van der Waals surface area (Å²) in [7, 11) is -2.08. The number of aromatic nitrogens is 1. The van der Waals surface area contributed by atoms with Gasteiger partial charge in [-0.1, -0.05) is 20.8 Å². The molecule has 0 unspecified atom stereocenters. The summed E-state index contributed by atoms with van der Waals surface area (Å²) < 4.78 is 17.8. The number of anilines is 1. The Bertz CT molecular complexity index is 944. The minimum absolute atomic E-state index is 0.0446. The van der Waals surface area contributed by atoms with E-state index in [4.69, 9.17) is 13.9 Å². The van der Waals surface area contributed by atoms with Crippen LogP contribution in [-0.4, -0.2) is 60.8 Å². The number of hydrogen-bond donors (Lipinski definition) is 1. The lowest BCUT2D eigenvalue weighted by Crippen LogP contribution is -2.46. The fourth-order valence-electron chi connectivity index (χ4n) is 3.79. The van der Waals surface area contributed by atoms with Crippen LogP contribution in [0.4, 0.5) is 15.4 Å². The van der Waals surface area contributed by atoms with Gasteiger partial charge in [0.1, 0.15) is 17.0 Å². The molecule has 0 spiro atoms. The van der Waals surface area contributed by atoms with E-state index in [0.29, 0.717) is 25.3 Å². The van der Waals surface area contributed by atoms with E-state index in [0.717, 1.165) is 11.3 Å². The Hall–Kier alpha value is -2.13. The van der Waals surface area contributed by atoms with Gasteiger partial charge in [-0.15, -0.1) is 0 Å². The van der Waals surface area contributed by atoms with E-state index >= 15 is 0 Å². The Morgan fingerprint density at radius 3 is 2.11 bits per heavy atom. The van der Waals surface area contributed by atoms with Crippen LogP contribution in [-0.2, 0) is 20.3 Å². The van der Waals surface area contributed by atoms with Crippen LogP contribution in [0.15, 0.2) is 12.1 Å². The van der Waals surface area contributed by atoms with E-state index in [2.05, 4.69) is 44.2 Å². The van der Waals surface area contributed by atoms with Gasteiger partial charge in [-0.25, -0.2) is 14.6 Å². The lowest BCUT2D eigenvalue weighted by atomic mass is 9.99. The molecule has 2 rings (SSSR count). The van der Waals surface area contributed by atoms with Gasteiger partial charge in [0, 0.05) is 24.7 Å². The molecule has 1 aliphatic heterocycles. The summed E-state index contributed by atoms with van der Waals surface area (Å²) in [5.41, 5.74) is 0.654. The van der Waals surface area contributed by atoms with Crippen molar-refractivity contribution >= 4 is 26.3 Å². The van der Waals surface area contributed by atoms with E-state index in [1.807, 2.05) is 60.6 Å². The van der Waals surface area contributed by atoms with Gasteiger partial charge in [-0.3, -0.25) is 5.32 Å². The second-order valence-corrected chi connectivity index (χ2v) is 18.2. The molecule has 1 aromatic rings. The number of nitrogens with zero attached hydrogens (tertiary/aromatic N) is 2. The van der Waals surface area contributed by atoms with Crippen molar-refractivity contribution in [2.45, 2.75) is 111 Å². The molecule has 0 saturated carbocycles.